The van der Waals surface area contributed by atoms with Crippen LogP contribution in [0, 0.1) is 5.92 Å². The Hall–Kier alpha value is -2.15. The lowest BCUT2D eigenvalue weighted by Gasteiger charge is -2.13. The average Bonchev–Trinajstić information content (AvgIpc) is 3.07. The summed E-state index contributed by atoms with van der Waals surface area (Å²) >= 11 is 0. The molecule has 0 saturated heterocycles. The van der Waals surface area contributed by atoms with E-state index in [1.54, 1.807) is 7.05 Å². The maximum absolute atomic E-state index is 5.70. The van der Waals surface area contributed by atoms with Gasteiger partial charge in [0.2, 0.25) is 6.79 Å². The minimum Gasteiger partial charge on any atom is -0.492 e. The van der Waals surface area contributed by atoms with Crippen molar-refractivity contribution in [2.75, 3.05) is 46.8 Å². The molecule has 2 rings (SSSR count). The summed E-state index contributed by atoms with van der Waals surface area (Å²) in [5.74, 6) is 3.65. The van der Waals surface area contributed by atoms with Crippen LogP contribution >= 0.6 is 0 Å². The molecule has 25 heavy (non-hydrogen) atoms. The highest BCUT2D eigenvalue weighted by molar-refractivity contribution is 5.79. The van der Waals surface area contributed by atoms with Gasteiger partial charge in [0.15, 0.2) is 17.5 Å². The van der Waals surface area contributed by atoms with E-state index in [4.69, 9.17) is 18.9 Å². The molecule has 2 N–H and O–H groups in total. The van der Waals surface area contributed by atoms with Crippen LogP contribution in [0.25, 0.3) is 0 Å². The molecular formula is C18H29N3O4. The van der Waals surface area contributed by atoms with Crippen molar-refractivity contribution in [2.24, 2.45) is 10.9 Å². The van der Waals surface area contributed by atoms with Gasteiger partial charge in [-0.25, -0.2) is 0 Å². The molecule has 0 aliphatic carbocycles. The van der Waals surface area contributed by atoms with Crippen LogP contribution in [0.5, 0.6) is 17.2 Å². The standard InChI is InChI=1S/C18H29N3O4/c1-14(2)6-9-22-10-7-20-18(19-3)21-8-11-23-15-4-5-16-17(12-15)25-13-24-16/h4-5,12,14H,6-11,13H2,1-3H3,(H2,19,20,21). The van der Waals surface area contributed by atoms with E-state index in [-0.39, 0.29) is 6.79 Å². The van der Waals surface area contributed by atoms with Gasteiger partial charge < -0.3 is 29.6 Å². The van der Waals surface area contributed by atoms with E-state index >= 15 is 0 Å². The highest BCUT2D eigenvalue weighted by atomic mass is 16.7. The van der Waals surface area contributed by atoms with Gasteiger partial charge in [-0.05, 0) is 24.5 Å². The zero-order chi connectivity index (χ0) is 17.9. The Kier molecular flexibility index (Phi) is 8.18. The van der Waals surface area contributed by atoms with E-state index < -0.39 is 0 Å². The van der Waals surface area contributed by atoms with Crippen LogP contribution in [-0.4, -0.2) is 52.7 Å². The maximum atomic E-state index is 5.70. The first-order valence-electron chi connectivity index (χ1n) is 8.73. The summed E-state index contributed by atoms with van der Waals surface area (Å²) in [5.41, 5.74) is 0. The van der Waals surface area contributed by atoms with Crippen LogP contribution in [0.2, 0.25) is 0 Å². The SMILES string of the molecule is CN=C(NCCOCCC(C)C)NCCOc1ccc2c(c1)OCO2. The van der Waals surface area contributed by atoms with Gasteiger partial charge in [0, 0.05) is 26.3 Å². The number of rotatable bonds is 10. The average molecular weight is 351 g/mol. The summed E-state index contributed by atoms with van der Waals surface area (Å²) in [6.07, 6.45) is 1.09. The van der Waals surface area contributed by atoms with Crippen molar-refractivity contribution >= 4 is 5.96 Å². The number of hydrogen-bond donors (Lipinski definition) is 2. The molecule has 0 spiro atoms. The fourth-order valence-corrected chi connectivity index (χ4v) is 2.19. The third kappa shape index (κ3) is 7.09. The van der Waals surface area contributed by atoms with Crippen molar-refractivity contribution in [3.05, 3.63) is 18.2 Å². The lowest BCUT2D eigenvalue weighted by atomic mass is 10.1. The highest BCUT2D eigenvalue weighted by Crippen LogP contribution is 2.34. The third-order valence-electron chi connectivity index (χ3n) is 3.61. The third-order valence-corrected chi connectivity index (χ3v) is 3.61. The van der Waals surface area contributed by atoms with Gasteiger partial charge in [-0.1, -0.05) is 13.8 Å². The normalized spacial score (nSPS) is 13.2. The monoisotopic (exact) mass is 351 g/mol. The van der Waals surface area contributed by atoms with Crippen molar-refractivity contribution in [3.8, 4) is 17.2 Å². The molecule has 0 amide bonds. The molecule has 1 aliphatic rings. The molecule has 1 aliphatic heterocycles. The summed E-state index contributed by atoms with van der Waals surface area (Å²) in [4.78, 5) is 4.17. The molecule has 140 valence electrons. The van der Waals surface area contributed by atoms with Crippen LogP contribution in [-0.2, 0) is 4.74 Å². The quantitative estimate of drug-likeness (QED) is 0.382. The summed E-state index contributed by atoms with van der Waals surface area (Å²) < 4.78 is 21.9. The first-order valence-corrected chi connectivity index (χ1v) is 8.73. The van der Waals surface area contributed by atoms with Crippen LogP contribution in [0.3, 0.4) is 0 Å². The zero-order valence-electron chi connectivity index (χ0n) is 15.3. The van der Waals surface area contributed by atoms with Crippen molar-refractivity contribution in [3.63, 3.8) is 0 Å². The van der Waals surface area contributed by atoms with Gasteiger partial charge in [0.1, 0.15) is 12.4 Å². The number of ether oxygens (including phenoxy) is 4. The van der Waals surface area contributed by atoms with Crippen LogP contribution in [0.15, 0.2) is 23.2 Å². The van der Waals surface area contributed by atoms with E-state index in [1.165, 1.54) is 0 Å². The van der Waals surface area contributed by atoms with Gasteiger partial charge in [0.05, 0.1) is 13.2 Å². The summed E-state index contributed by atoms with van der Waals surface area (Å²) in [6, 6.07) is 5.56. The Balaban J connectivity index is 1.55. The number of nitrogens with zero attached hydrogens (tertiary/aromatic N) is 1. The Morgan fingerprint density at radius 2 is 1.88 bits per heavy atom. The van der Waals surface area contributed by atoms with E-state index in [1.807, 2.05) is 18.2 Å². The topological polar surface area (TPSA) is 73.3 Å². The van der Waals surface area contributed by atoms with Gasteiger partial charge in [-0.2, -0.15) is 0 Å². The lowest BCUT2D eigenvalue weighted by Crippen LogP contribution is -2.40. The second kappa shape index (κ2) is 10.7. The van der Waals surface area contributed by atoms with Crippen molar-refractivity contribution in [2.45, 2.75) is 20.3 Å². The predicted molar refractivity (Wildman–Crippen MR) is 97.7 cm³/mol. The predicted octanol–water partition coefficient (Wildman–Crippen LogP) is 2.02. The number of fused-ring (bicyclic) bond motifs is 1. The number of hydrogen-bond acceptors (Lipinski definition) is 5. The molecule has 7 nitrogen and oxygen atoms in total. The molecule has 1 aromatic rings. The Morgan fingerprint density at radius 3 is 2.64 bits per heavy atom. The van der Waals surface area contributed by atoms with Gasteiger partial charge in [0.25, 0.3) is 0 Å². The Morgan fingerprint density at radius 1 is 1.12 bits per heavy atom. The van der Waals surface area contributed by atoms with Gasteiger partial charge in [-0.15, -0.1) is 0 Å². The minimum atomic E-state index is 0.267. The molecule has 0 radical (unpaired) electrons. The van der Waals surface area contributed by atoms with Crippen molar-refractivity contribution in [1.29, 1.82) is 0 Å². The molecule has 0 saturated carbocycles. The molecule has 0 atom stereocenters. The van der Waals surface area contributed by atoms with Crippen LogP contribution in [0.4, 0.5) is 0 Å². The molecule has 0 fully saturated rings. The van der Waals surface area contributed by atoms with Gasteiger partial charge in [-0.3, -0.25) is 4.99 Å². The first kappa shape index (κ1) is 19.2. The summed E-state index contributed by atoms with van der Waals surface area (Å²) in [7, 11) is 1.74. The fourth-order valence-electron chi connectivity index (χ4n) is 2.19. The molecule has 0 unspecified atom stereocenters. The molecule has 7 heteroatoms. The molecule has 1 heterocycles. The molecule has 0 aromatic heterocycles. The number of aliphatic imine (C=N–C) groups is 1. The summed E-state index contributed by atoms with van der Waals surface area (Å²) in [6.45, 7) is 8.01. The molecule has 1 aromatic carbocycles. The van der Waals surface area contributed by atoms with Crippen molar-refractivity contribution in [1.82, 2.24) is 10.6 Å². The summed E-state index contributed by atoms with van der Waals surface area (Å²) in [5, 5.41) is 6.42. The van der Waals surface area contributed by atoms with Gasteiger partial charge >= 0.3 is 0 Å². The molecule has 0 bridgehead atoms. The number of guanidine groups is 1. The largest absolute Gasteiger partial charge is 0.492 e. The smallest absolute Gasteiger partial charge is 0.231 e. The van der Waals surface area contributed by atoms with Crippen LogP contribution in [0.1, 0.15) is 20.3 Å². The number of nitrogens with one attached hydrogen (secondary N) is 2. The highest BCUT2D eigenvalue weighted by Gasteiger charge is 2.13. The van der Waals surface area contributed by atoms with Crippen LogP contribution < -0.4 is 24.8 Å². The lowest BCUT2D eigenvalue weighted by molar-refractivity contribution is 0.128. The van der Waals surface area contributed by atoms with Crippen molar-refractivity contribution < 1.29 is 18.9 Å². The molecular weight excluding hydrogens is 322 g/mol. The zero-order valence-corrected chi connectivity index (χ0v) is 15.3. The second-order valence-electron chi connectivity index (χ2n) is 6.08. The number of benzene rings is 1. The maximum Gasteiger partial charge on any atom is 0.231 e. The van der Waals surface area contributed by atoms with E-state index in [9.17, 15) is 0 Å². The first-order chi connectivity index (χ1) is 12.2. The van der Waals surface area contributed by atoms with E-state index in [0.29, 0.717) is 25.7 Å². The Labute approximate surface area is 149 Å². The minimum absolute atomic E-state index is 0.267. The second-order valence-corrected chi connectivity index (χ2v) is 6.08. The Bertz CT molecular complexity index is 549. The van der Waals surface area contributed by atoms with E-state index in [0.717, 1.165) is 42.8 Å². The van der Waals surface area contributed by atoms with E-state index in [2.05, 4.69) is 29.5 Å². The fraction of sp³-hybridized carbons (Fsp3) is 0.611.